The van der Waals surface area contributed by atoms with Crippen molar-refractivity contribution in [3.05, 3.63) is 18.2 Å². The summed E-state index contributed by atoms with van der Waals surface area (Å²) < 4.78 is 7.33. The van der Waals surface area contributed by atoms with Gasteiger partial charge in [0.25, 0.3) is 0 Å². The number of nitrogens with zero attached hydrogens (tertiary/aromatic N) is 2. The number of rotatable bonds is 5. The van der Waals surface area contributed by atoms with Gasteiger partial charge >= 0.3 is 6.09 Å². The fourth-order valence-electron chi connectivity index (χ4n) is 2.45. The number of aryl methyl sites for hydroxylation is 1. The molecule has 118 valence electrons. The van der Waals surface area contributed by atoms with Crippen molar-refractivity contribution in [1.29, 1.82) is 0 Å². The van der Waals surface area contributed by atoms with E-state index in [-0.39, 0.29) is 11.6 Å². The Labute approximate surface area is 126 Å². The summed E-state index contributed by atoms with van der Waals surface area (Å²) in [5.41, 5.74) is -0.636. The van der Waals surface area contributed by atoms with Crippen molar-refractivity contribution >= 4 is 6.09 Å². The molecule has 1 fully saturated rings. The summed E-state index contributed by atoms with van der Waals surface area (Å²) >= 11 is 0. The molecule has 0 atom stereocenters. The normalized spacial score (nSPS) is 17.1. The summed E-state index contributed by atoms with van der Waals surface area (Å²) in [5, 5.41) is 6.42. The van der Waals surface area contributed by atoms with E-state index in [2.05, 4.69) is 15.6 Å². The molecule has 1 aliphatic carbocycles. The number of ether oxygens (including phenoxy) is 1. The van der Waals surface area contributed by atoms with Crippen LogP contribution in [-0.4, -0.2) is 33.3 Å². The molecule has 21 heavy (non-hydrogen) atoms. The molecule has 1 aromatic rings. The zero-order chi connectivity index (χ0) is 15.5. The van der Waals surface area contributed by atoms with Crippen molar-refractivity contribution in [3.8, 4) is 0 Å². The quantitative estimate of drug-likeness (QED) is 0.871. The molecule has 6 heteroatoms. The van der Waals surface area contributed by atoms with Gasteiger partial charge in [-0.3, -0.25) is 0 Å². The van der Waals surface area contributed by atoms with Crippen molar-refractivity contribution < 1.29 is 9.53 Å². The molecule has 1 amide bonds. The first kappa shape index (κ1) is 15.8. The van der Waals surface area contributed by atoms with E-state index in [1.165, 1.54) is 0 Å². The first-order valence-corrected chi connectivity index (χ1v) is 7.48. The lowest BCUT2D eigenvalue weighted by atomic mass is 9.76. The average Bonchev–Trinajstić information content (AvgIpc) is 2.69. The Balaban J connectivity index is 1.81. The van der Waals surface area contributed by atoms with Crippen molar-refractivity contribution in [3.63, 3.8) is 0 Å². The molecule has 0 spiro atoms. The van der Waals surface area contributed by atoms with E-state index in [1.807, 2.05) is 38.6 Å². The second-order valence-corrected chi connectivity index (χ2v) is 6.82. The van der Waals surface area contributed by atoms with Gasteiger partial charge in [-0.2, -0.15) is 0 Å². The van der Waals surface area contributed by atoms with E-state index < -0.39 is 5.60 Å². The maximum Gasteiger partial charge on any atom is 0.408 e. The molecule has 0 aromatic carbocycles. The lowest BCUT2D eigenvalue weighted by molar-refractivity contribution is 0.0382. The van der Waals surface area contributed by atoms with Gasteiger partial charge in [-0.15, -0.1) is 0 Å². The number of hydrogen-bond acceptors (Lipinski definition) is 4. The van der Waals surface area contributed by atoms with Gasteiger partial charge in [0.15, 0.2) is 0 Å². The van der Waals surface area contributed by atoms with Crippen LogP contribution in [0.4, 0.5) is 4.79 Å². The standard InChI is InChI=1S/C15H26N4O2/c1-14(2,3)21-13(20)18-15(6-5-7-15)11-16-10-12-17-8-9-19(12)4/h8-9,16H,5-7,10-11H2,1-4H3,(H,18,20). The molecule has 0 unspecified atom stereocenters. The van der Waals surface area contributed by atoms with Crippen molar-refractivity contribution in [2.24, 2.45) is 7.05 Å². The summed E-state index contributed by atoms with van der Waals surface area (Å²) in [4.78, 5) is 16.2. The Bertz CT molecular complexity index is 486. The van der Waals surface area contributed by atoms with E-state index in [1.54, 1.807) is 6.20 Å². The van der Waals surface area contributed by atoms with Gasteiger partial charge in [-0.25, -0.2) is 9.78 Å². The summed E-state index contributed by atoms with van der Waals surface area (Å²) in [6, 6.07) is 0. The average molecular weight is 294 g/mol. The molecule has 0 saturated heterocycles. The number of imidazole rings is 1. The summed E-state index contributed by atoms with van der Waals surface area (Å²) in [6.45, 7) is 7.05. The van der Waals surface area contributed by atoms with Gasteiger partial charge in [-0.1, -0.05) is 0 Å². The number of carbonyl (C=O) groups is 1. The van der Waals surface area contributed by atoms with Crippen molar-refractivity contribution in [2.45, 2.75) is 57.7 Å². The minimum atomic E-state index is -0.463. The molecule has 1 saturated carbocycles. The minimum Gasteiger partial charge on any atom is -0.444 e. The molecular weight excluding hydrogens is 268 g/mol. The van der Waals surface area contributed by atoms with Crippen LogP contribution in [0.15, 0.2) is 12.4 Å². The smallest absolute Gasteiger partial charge is 0.408 e. The van der Waals surface area contributed by atoms with E-state index in [9.17, 15) is 4.79 Å². The third-order valence-electron chi connectivity index (χ3n) is 3.74. The van der Waals surface area contributed by atoms with Crippen molar-refractivity contribution in [2.75, 3.05) is 6.54 Å². The Kier molecular flexibility index (Phi) is 4.56. The molecule has 2 rings (SSSR count). The number of nitrogens with one attached hydrogen (secondary N) is 2. The number of amides is 1. The highest BCUT2D eigenvalue weighted by Gasteiger charge is 2.39. The third kappa shape index (κ3) is 4.46. The number of hydrogen-bond donors (Lipinski definition) is 2. The molecule has 1 heterocycles. The Morgan fingerprint density at radius 3 is 2.67 bits per heavy atom. The Hall–Kier alpha value is -1.56. The van der Waals surface area contributed by atoms with Crippen LogP contribution in [0.2, 0.25) is 0 Å². The zero-order valence-electron chi connectivity index (χ0n) is 13.4. The monoisotopic (exact) mass is 294 g/mol. The van der Waals surface area contributed by atoms with Gasteiger partial charge in [0.1, 0.15) is 11.4 Å². The van der Waals surface area contributed by atoms with Crippen LogP contribution in [0, 0.1) is 0 Å². The Morgan fingerprint density at radius 2 is 2.19 bits per heavy atom. The summed E-state index contributed by atoms with van der Waals surface area (Å²) in [5.74, 6) is 0.988. The Morgan fingerprint density at radius 1 is 1.48 bits per heavy atom. The third-order valence-corrected chi connectivity index (χ3v) is 3.74. The van der Waals surface area contributed by atoms with Gasteiger partial charge in [-0.05, 0) is 40.0 Å². The van der Waals surface area contributed by atoms with Crippen LogP contribution >= 0.6 is 0 Å². The van der Waals surface area contributed by atoms with Crippen LogP contribution in [0.25, 0.3) is 0 Å². The predicted octanol–water partition coefficient (Wildman–Crippen LogP) is 1.96. The van der Waals surface area contributed by atoms with Crippen LogP contribution in [0.5, 0.6) is 0 Å². The highest BCUT2D eigenvalue weighted by molar-refractivity contribution is 5.69. The van der Waals surface area contributed by atoms with Crippen LogP contribution in [0.3, 0.4) is 0 Å². The highest BCUT2D eigenvalue weighted by Crippen LogP contribution is 2.31. The van der Waals surface area contributed by atoms with Gasteiger partial charge < -0.3 is 19.9 Å². The maximum atomic E-state index is 11.9. The molecule has 1 aliphatic rings. The molecular formula is C15H26N4O2. The first-order valence-electron chi connectivity index (χ1n) is 7.48. The minimum absolute atomic E-state index is 0.173. The first-order chi connectivity index (χ1) is 9.80. The SMILES string of the molecule is Cn1ccnc1CNCC1(NC(=O)OC(C)(C)C)CCC1. The fourth-order valence-corrected chi connectivity index (χ4v) is 2.45. The molecule has 0 aliphatic heterocycles. The van der Waals surface area contributed by atoms with E-state index in [0.717, 1.165) is 31.6 Å². The number of carbonyl (C=O) groups excluding carboxylic acids is 1. The lowest BCUT2D eigenvalue weighted by Gasteiger charge is -2.42. The van der Waals surface area contributed by atoms with Crippen molar-refractivity contribution in [1.82, 2.24) is 20.2 Å². The lowest BCUT2D eigenvalue weighted by Crippen LogP contribution is -2.59. The fraction of sp³-hybridized carbons (Fsp3) is 0.733. The number of alkyl carbamates (subject to hydrolysis) is 1. The largest absolute Gasteiger partial charge is 0.444 e. The molecule has 2 N–H and O–H groups in total. The topological polar surface area (TPSA) is 68.2 Å². The van der Waals surface area contributed by atoms with Gasteiger partial charge in [0, 0.05) is 26.0 Å². The molecule has 0 radical (unpaired) electrons. The molecule has 0 bridgehead atoms. The molecule has 1 aromatic heterocycles. The van der Waals surface area contributed by atoms with Gasteiger partial charge in [0.2, 0.25) is 0 Å². The maximum absolute atomic E-state index is 11.9. The number of aromatic nitrogens is 2. The predicted molar refractivity (Wildman–Crippen MR) is 80.9 cm³/mol. The van der Waals surface area contributed by atoms with Crippen LogP contribution < -0.4 is 10.6 Å². The van der Waals surface area contributed by atoms with Crippen LogP contribution in [-0.2, 0) is 18.3 Å². The highest BCUT2D eigenvalue weighted by atomic mass is 16.6. The van der Waals surface area contributed by atoms with Gasteiger partial charge in [0.05, 0.1) is 12.1 Å². The second kappa shape index (κ2) is 6.05. The summed E-state index contributed by atoms with van der Waals surface area (Å²) in [7, 11) is 1.97. The van der Waals surface area contributed by atoms with E-state index in [0.29, 0.717) is 6.54 Å². The van der Waals surface area contributed by atoms with E-state index in [4.69, 9.17) is 4.74 Å². The summed E-state index contributed by atoms with van der Waals surface area (Å²) in [6.07, 6.45) is 6.49. The molecule has 6 nitrogen and oxygen atoms in total. The second-order valence-electron chi connectivity index (χ2n) is 6.82. The van der Waals surface area contributed by atoms with Crippen LogP contribution in [0.1, 0.15) is 45.9 Å². The van der Waals surface area contributed by atoms with E-state index >= 15 is 0 Å². The zero-order valence-corrected chi connectivity index (χ0v) is 13.4.